The molecule has 0 bridgehead atoms. The fourth-order valence-electron chi connectivity index (χ4n) is 4.02. The van der Waals surface area contributed by atoms with Crippen LogP contribution >= 0.6 is 0 Å². The van der Waals surface area contributed by atoms with Crippen molar-refractivity contribution in [1.82, 2.24) is 0 Å². The Kier molecular flexibility index (Phi) is 5.82. The van der Waals surface area contributed by atoms with Crippen molar-refractivity contribution in [2.45, 2.75) is 20.1 Å². The fourth-order valence-corrected chi connectivity index (χ4v) is 4.02. The molecule has 0 atom stereocenters. The molecule has 1 saturated heterocycles. The maximum atomic E-state index is 11.3. The van der Waals surface area contributed by atoms with E-state index < -0.39 is 0 Å². The molecule has 8 heteroatoms. The van der Waals surface area contributed by atoms with E-state index in [1.54, 1.807) is 12.1 Å². The molecule has 0 aliphatic carbocycles. The summed E-state index contributed by atoms with van der Waals surface area (Å²) in [7, 11) is 0. The second-order valence-corrected chi connectivity index (χ2v) is 7.28. The molecule has 2 aliphatic rings. The highest BCUT2D eigenvalue weighted by molar-refractivity contribution is 5.58. The molecule has 0 aromatic heterocycles. The Labute approximate surface area is 169 Å². The van der Waals surface area contributed by atoms with E-state index in [0.717, 1.165) is 54.5 Å². The Bertz CT molecular complexity index is 881. The Morgan fingerprint density at radius 2 is 2.03 bits per heavy atom. The van der Waals surface area contributed by atoms with Crippen LogP contribution in [0.4, 0.5) is 11.4 Å². The topological polar surface area (TPSA) is 78.5 Å². The molecule has 0 saturated carbocycles. The van der Waals surface area contributed by atoms with Crippen molar-refractivity contribution in [2.75, 3.05) is 44.5 Å². The number of para-hydroxylation sites is 2. The molecule has 1 N–H and O–H groups in total. The van der Waals surface area contributed by atoms with Gasteiger partial charge in [-0.25, -0.2) is 0 Å². The Hall–Kier alpha value is -2.84. The predicted molar refractivity (Wildman–Crippen MR) is 108 cm³/mol. The summed E-state index contributed by atoms with van der Waals surface area (Å²) in [5.41, 5.74) is 2.86. The van der Waals surface area contributed by atoms with Crippen molar-refractivity contribution in [3.05, 3.63) is 57.6 Å². The Morgan fingerprint density at radius 1 is 1.24 bits per heavy atom. The lowest BCUT2D eigenvalue weighted by atomic mass is 10.1. The molecule has 0 amide bonds. The zero-order valence-electron chi connectivity index (χ0n) is 16.6. The summed E-state index contributed by atoms with van der Waals surface area (Å²) in [5, 5.41) is 11.3. The highest BCUT2D eigenvalue weighted by Crippen LogP contribution is 2.32. The van der Waals surface area contributed by atoms with Gasteiger partial charge in [-0.1, -0.05) is 12.1 Å². The van der Waals surface area contributed by atoms with Crippen LogP contribution < -0.4 is 19.3 Å². The summed E-state index contributed by atoms with van der Waals surface area (Å²) in [5.74, 6) is 1.66. The summed E-state index contributed by atoms with van der Waals surface area (Å²) in [6.07, 6.45) is 0. The van der Waals surface area contributed by atoms with E-state index in [0.29, 0.717) is 19.8 Å². The summed E-state index contributed by atoms with van der Waals surface area (Å²) in [6.45, 7) is 7.56. The molecule has 0 unspecified atom stereocenters. The van der Waals surface area contributed by atoms with Gasteiger partial charge in [-0.3, -0.25) is 10.1 Å². The van der Waals surface area contributed by atoms with Gasteiger partial charge in [0.2, 0.25) is 0 Å². The smallest absolute Gasteiger partial charge is 0.270 e. The summed E-state index contributed by atoms with van der Waals surface area (Å²) < 4.78 is 16.7. The number of anilines is 1. The van der Waals surface area contributed by atoms with Crippen LogP contribution in [-0.4, -0.2) is 44.5 Å². The number of benzene rings is 2. The van der Waals surface area contributed by atoms with Gasteiger partial charge in [-0.05, 0) is 19.1 Å². The van der Waals surface area contributed by atoms with Crippen LogP contribution in [-0.2, 0) is 17.9 Å². The first-order chi connectivity index (χ1) is 14.2. The number of ether oxygens (including phenoxy) is 3. The van der Waals surface area contributed by atoms with E-state index in [-0.39, 0.29) is 17.4 Å². The molecule has 2 aromatic carbocycles. The zero-order valence-corrected chi connectivity index (χ0v) is 16.6. The number of quaternary nitrogens is 1. The summed E-state index contributed by atoms with van der Waals surface area (Å²) in [6, 6.07) is 11.3. The third kappa shape index (κ3) is 4.28. The molecule has 2 aliphatic heterocycles. The largest absolute Gasteiger partial charge is 0.492 e. The zero-order chi connectivity index (χ0) is 20.2. The predicted octanol–water partition coefficient (Wildman–Crippen LogP) is 1.77. The quantitative estimate of drug-likeness (QED) is 0.588. The summed E-state index contributed by atoms with van der Waals surface area (Å²) in [4.78, 5) is 14.7. The SMILES string of the molecule is CCOc1ccccc1N1CC[NH+](Cc2cc([N+](=O)[O-])cc3c2OCOC3)CC1. The van der Waals surface area contributed by atoms with Crippen LogP contribution in [0, 0.1) is 10.1 Å². The van der Waals surface area contributed by atoms with E-state index in [1.165, 1.54) is 4.90 Å². The number of nitrogens with zero attached hydrogens (tertiary/aromatic N) is 2. The third-order valence-electron chi connectivity index (χ3n) is 5.40. The van der Waals surface area contributed by atoms with Crippen LogP contribution in [0.1, 0.15) is 18.1 Å². The normalized spacial score (nSPS) is 16.8. The Balaban J connectivity index is 1.47. The van der Waals surface area contributed by atoms with Gasteiger partial charge in [0.25, 0.3) is 5.69 Å². The Morgan fingerprint density at radius 3 is 2.79 bits per heavy atom. The van der Waals surface area contributed by atoms with Gasteiger partial charge in [-0.2, -0.15) is 0 Å². The van der Waals surface area contributed by atoms with E-state index >= 15 is 0 Å². The molecule has 0 radical (unpaired) electrons. The van der Waals surface area contributed by atoms with Crippen molar-refractivity contribution in [3.8, 4) is 11.5 Å². The molecule has 29 heavy (non-hydrogen) atoms. The molecular weight excluding hydrogens is 374 g/mol. The number of hydrogen-bond donors (Lipinski definition) is 1. The molecule has 154 valence electrons. The van der Waals surface area contributed by atoms with Crippen molar-refractivity contribution < 1.29 is 24.0 Å². The van der Waals surface area contributed by atoms with Crippen molar-refractivity contribution >= 4 is 11.4 Å². The number of piperazine rings is 1. The number of hydrogen-bond acceptors (Lipinski definition) is 6. The highest BCUT2D eigenvalue weighted by atomic mass is 16.7. The molecule has 8 nitrogen and oxygen atoms in total. The first-order valence-electron chi connectivity index (χ1n) is 9.96. The second-order valence-electron chi connectivity index (χ2n) is 7.28. The minimum absolute atomic E-state index is 0.0940. The maximum absolute atomic E-state index is 11.3. The summed E-state index contributed by atoms with van der Waals surface area (Å²) >= 11 is 0. The van der Waals surface area contributed by atoms with E-state index in [1.807, 2.05) is 25.1 Å². The number of rotatable bonds is 6. The molecule has 2 aromatic rings. The van der Waals surface area contributed by atoms with Crippen LogP contribution in [0.25, 0.3) is 0 Å². The number of nitro benzene ring substituents is 1. The minimum Gasteiger partial charge on any atom is -0.492 e. The standard InChI is InChI=1S/C21H25N3O5/c1-2-28-20-6-4-3-5-19(20)23-9-7-22(8-10-23)13-16-11-18(24(25)26)12-17-14-27-15-29-21(16)17/h3-6,11-12H,2,7-10,13-15H2,1H3/p+1. The van der Waals surface area contributed by atoms with Crippen LogP contribution in [0.3, 0.4) is 0 Å². The van der Waals surface area contributed by atoms with Gasteiger partial charge in [-0.15, -0.1) is 0 Å². The molecule has 0 spiro atoms. The molecule has 4 rings (SSSR count). The van der Waals surface area contributed by atoms with E-state index in [4.69, 9.17) is 14.2 Å². The monoisotopic (exact) mass is 400 g/mol. The lowest BCUT2D eigenvalue weighted by molar-refractivity contribution is -0.914. The van der Waals surface area contributed by atoms with Crippen molar-refractivity contribution in [1.29, 1.82) is 0 Å². The van der Waals surface area contributed by atoms with Crippen LogP contribution in [0.15, 0.2) is 36.4 Å². The van der Waals surface area contributed by atoms with Gasteiger partial charge < -0.3 is 24.0 Å². The van der Waals surface area contributed by atoms with Gasteiger partial charge >= 0.3 is 0 Å². The first kappa shape index (κ1) is 19.5. The molecule has 2 heterocycles. The third-order valence-corrected chi connectivity index (χ3v) is 5.40. The number of nitrogens with one attached hydrogen (secondary N) is 1. The van der Waals surface area contributed by atoms with Crippen LogP contribution in [0.2, 0.25) is 0 Å². The van der Waals surface area contributed by atoms with Gasteiger partial charge in [0, 0.05) is 17.7 Å². The van der Waals surface area contributed by atoms with E-state index in [9.17, 15) is 10.1 Å². The van der Waals surface area contributed by atoms with Crippen molar-refractivity contribution in [3.63, 3.8) is 0 Å². The number of nitro groups is 1. The van der Waals surface area contributed by atoms with Gasteiger partial charge in [0.1, 0.15) is 18.0 Å². The lowest BCUT2D eigenvalue weighted by Gasteiger charge is -2.34. The lowest BCUT2D eigenvalue weighted by Crippen LogP contribution is -3.13. The molecule has 1 fully saturated rings. The minimum atomic E-state index is -0.351. The van der Waals surface area contributed by atoms with Gasteiger partial charge in [0.05, 0.1) is 55.6 Å². The average molecular weight is 400 g/mol. The van der Waals surface area contributed by atoms with Gasteiger partial charge in [0.15, 0.2) is 6.79 Å². The maximum Gasteiger partial charge on any atom is 0.270 e. The van der Waals surface area contributed by atoms with Crippen molar-refractivity contribution in [2.24, 2.45) is 0 Å². The number of non-ortho nitro benzene ring substituents is 1. The average Bonchev–Trinajstić information content (AvgIpc) is 2.75. The first-order valence-corrected chi connectivity index (χ1v) is 9.96. The van der Waals surface area contributed by atoms with E-state index in [2.05, 4.69) is 11.0 Å². The number of fused-ring (bicyclic) bond motifs is 1. The van der Waals surface area contributed by atoms with Crippen LogP contribution in [0.5, 0.6) is 11.5 Å². The molecular formula is C21H26N3O5+. The fraction of sp³-hybridized carbons (Fsp3) is 0.429. The highest BCUT2D eigenvalue weighted by Gasteiger charge is 2.27. The second kappa shape index (κ2) is 8.67.